The lowest BCUT2D eigenvalue weighted by atomic mass is 9.96. The van der Waals surface area contributed by atoms with E-state index in [4.69, 9.17) is 4.98 Å². The smallest absolute Gasteiger partial charge is 0.147 e. The second kappa shape index (κ2) is 10.0. The maximum atomic E-state index is 5.21. The van der Waals surface area contributed by atoms with Gasteiger partial charge in [-0.1, -0.05) is 109 Å². The van der Waals surface area contributed by atoms with Crippen LogP contribution in [0.1, 0.15) is 0 Å². The molecule has 0 amide bonds. The summed E-state index contributed by atoms with van der Waals surface area (Å²) >= 11 is 1.78. The molecule has 44 heavy (non-hydrogen) atoms. The van der Waals surface area contributed by atoms with E-state index in [9.17, 15) is 0 Å². The Morgan fingerprint density at radius 2 is 1.11 bits per heavy atom. The molecule has 0 atom stereocenters. The van der Waals surface area contributed by atoms with Gasteiger partial charge in [-0.15, -0.1) is 11.3 Å². The third-order valence-corrected chi connectivity index (χ3v) is 9.65. The minimum absolute atomic E-state index is 0.964. The van der Waals surface area contributed by atoms with E-state index >= 15 is 0 Å². The van der Waals surface area contributed by atoms with Crippen LogP contribution in [0.4, 0.5) is 0 Å². The van der Waals surface area contributed by atoms with E-state index in [0.29, 0.717) is 0 Å². The molecule has 0 N–H and O–H groups in total. The summed E-state index contributed by atoms with van der Waals surface area (Å²) in [5, 5.41) is 8.59. The molecule has 2 aromatic heterocycles. The molecule has 9 rings (SSSR count). The van der Waals surface area contributed by atoms with Gasteiger partial charge in [-0.25, -0.2) is 4.98 Å². The van der Waals surface area contributed by atoms with Crippen LogP contribution in [0.2, 0.25) is 0 Å². The predicted molar refractivity (Wildman–Crippen MR) is 188 cm³/mol. The highest BCUT2D eigenvalue weighted by Gasteiger charge is 2.18. The Morgan fingerprint density at radius 1 is 0.477 bits per heavy atom. The van der Waals surface area contributed by atoms with E-state index < -0.39 is 0 Å². The first kappa shape index (κ1) is 25.0. The third-order valence-electron chi connectivity index (χ3n) is 8.69. The van der Waals surface area contributed by atoms with E-state index in [0.717, 1.165) is 28.1 Å². The van der Waals surface area contributed by atoms with E-state index in [1.807, 2.05) is 0 Å². The predicted octanol–water partition coefficient (Wildman–Crippen LogP) is 11.5. The zero-order valence-electron chi connectivity index (χ0n) is 23.8. The minimum atomic E-state index is 0.964. The molecule has 0 radical (unpaired) electrons. The first-order chi connectivity index (χ1) is 21.8. The van der Waals surface area contributed by atoms with Crippen molar-refractivity contribution >= 4 is 54.0 Å². The topological polar surface area (TPSA) is 17.8 Å². The second-order valence-corrected chi connectivity index (χ2v) is 12.2. The summed E-state index contributed by atoms with van der Waals surface area (Å²) in [6, 6.07) is 54.5. The van der Waals surface area contributed by atoms with E-state index in [1.165, 1.54) is 53.9 Å². The van der Waals surface area contributed by atoms with Gasteiger partial charge in [0.1, 0.15) is 5.82 Å². The first-order valence-corrected chi connectivity index (χ1v) is 15.7. The molecule has 0 saturated heterocycles. The number of hydrogen-bond acceptors (Lipinski definition) is 2. The molecule has 206 valence electrons. The van der Waals surface area contributed by atoms with Crippen molar-refractivity contribution in [2.45, 2.75) is 0 Å². The molecule has 0 aliphatic heterocycles. The van der Waals surface area contributed by atoms with E-state index in [-0.39, 0.29) is 0 Å². The van der Waals surface area contributed by atoms with Crippen molar-refractivity contribution in [3.63, 3.8) is 0 Å². The Morgan fingerprint density at radius 3 is 1.98 bits per heavy atom. The van der Waals surface area contributed by atoms with E-state index in [2.05, 4.69) is 162 Å². The van der Waals surface area contributed by atoms with Crippen LogP contribution in [-0.2, 0) is 0 Å². The van der Waals surface area contributed by atoms with Crippen LogP contribution in [-0.4, -0.2) is 9.55 Å². The Bertz CT molecular complexity index is 2480. The summed E-state index contributed by atoms with van der Waals surface area (Å²) in [5.41, 5.74) is 9.20. The lowest BCUT2D eigenvalue weighted by Gasteiger charge is -2.11. The maximum absolute atomic E-state index is 5.21. The number of benzene rings is 7. The molecule has 3 heteroatoms. The fourth-order valence-electron chi connectivity index (χ4n) is 6.47. The molecule has 0 bridgehead atoms. The van der Waals surface area contributed by atoms with Crippen molar-refractivity contribution < 1.29 is 0 Å². The van der Waals surface area contributed by atoms with Gasteiger partial charge in [0, 0.05) is 26.7 Å². The maximum Gasteiger partial charge on any atom is 0.147 e. The molecule has 9 aromatic rings. The van der Waals surface area contributed by atoms with Crippen LogP contribution in [0.25, 0.3) is 82.0 Å². The zero-order chi connectivity index (χ0) is 29.0. The number of para-hydroxylation sites is 2. The van der Waals surface area contributed by atoms with Gasteiger partial charge in [0.25, 0.3) is 0 Å². The van der Waals surface area contributed by atoms with Crippen LogP contribution < -0.4 is 0 Å². The summed E-state index contributed by atoms with van der Waals surface area (Å²) in [4.78, 5) is 5.21. The molecular formula is C41H26N2S. The summed E-state index contributed by atoms with van der Waals surface area (Å²) in [6.45, 7) is 0. The number of hydrogen-bond donors (Lipinski definition) is 0. The van der Waals surface area contributed by atoms with Crippen LogP contribution in [0.15, 0.2) is 157 Å². The standard InChI is InChI=1S/C41H26N2S/c1-2-8-27(9-3-1)28-18-21-33(22-19-28)43-39-13-7-6-12-38(39)42-41(43)37-26-44-40-23-20-32(25-36(37)40)31-17-16-30-15-14-29-10-4-5-11-34(29)35(30)24-31/h1-26H. The fraction of sp³-hybridized carbons (Fsp3) is 0. The van der Waals surface area contributed by atoms with Crippen molar-refractivity contribution in [1.82, 2.24) is 9.55 Å². The molecule has 0 unspecified atom stereocenters. The van der Waals surface area contributed by atoms with Crippen molar-refractivity contribution in [3.05, 3.63) is 157 Å². The third kappa shape index (κ3) is 4.05. The molecule has 0 spiro atoms. The average Bonchev–Trinajstić information content (AvgIpc) is 3.69. The fourth-order valence-corrected chi connectivity index (χ4v) is 7.38. The summed E-state index contributed by atoms with van der Waals surface area (Å²) < 4.78 is 3.56. The average molecular weight is 579 g/mol. The van der Waals surface area contributed by atoms with E-state index in [1.54, 1.807) is 11.3 Å². The quantitative estimate of drug-likeness (QED) is 0.190. The normalized spacial score (nSPS) is 11.6. The van der Waals surface area contributed by atoms with Crippen LogP contribution in [0.5, 0.6) is 0 Å². The highest BCUT2D eigenvalue weighted by molar-refractivity contribution is 7.17. The van der Waals surface area contributed by atoms with Gasteiger partial charge in [-0.2, -0.15) is 0 Å². The SMILES string of the molecule is c1ccc(-c2ccc(-n3c(-c4csc5ccc(-c6ccc7ccc8ccccc8c7c6)cc45)nc4ccccc43)cc2)cc1. The summed E-state index contributed by atoms with van der Waals surface area (Å²) in [7, 11) is 0. The number of fused-ring (bicyclic) bond motifs is 5. The van der Waals surface area contributed by atoms with Crippen molar-refractivity contribution in [2.75, 3.05) is 0 Å². The van der Waals surface area contributed by atoms with Crippen LogP contribution >= 0.6 is 11.3 Å². The number of nitrogens with zero attached hydrogens (tertiary/aromatic N) is 2. The summed E-state index contributed by atoms with van der Waals surface area (Å²) in [5.74, 6) is 0.964. The van der Waals surface area contributed by atoms with Gasteiger partial charge in [0.05, 0.1) is 11.0 Å². The number of imidazole rings is 1. The molecule has 2 heterocycles. The van der Waals surface area contributed by atoms with Crippen molar-refractivity contribution in [2.24, 2.45) is 0 Å². The molecule has 0 aliphatic carbocycles. The zero-order valence-corrected chi connectivity index (χ0v) is 24.6. The van der Waals surface area contributed by atoms with Gasteiger partial charge >= 0.3 is 0 Å². The monoisotopic (exact) mass is 578 g/mol. The van der Waals surface area contributed by atoms with Gasteiger partial charge in [0.2, 0.25) is 0 Å². The van der Waals surface area contributed by atoms with Gasteiger partial charge < -0.3 is 0 Å². The Hall–Kier alpha value is -5.51. The molecule has 0 aliphatic rings. The van der Waals surface area contributed by atoms with Crippen LogP contribution in [0, 0.1) is 0 Å². The summed E-state index contributed by atoms with van der Waals surface area (Å²) in [6.07, 6.45) is 0. The largest absolute Gasteiger partial charge is 0.292 e. The lowest BCUT2D eigenvalue weighted by molar-refractivity contribution is 1.11. The Balaban J connectivity index is 1.20. The first-order valence-electron chi connectivity index (χ1n) is 14.9. The second-order valence-electron chi connectivity index (χ2n) is 11.3. The van der Waals surface area contributed by atoms with Crippen molar-refractivity contribution in [3.8, 4) is 39.3 Å². The minimum Gasteiger partial charge on any atom is -0.292 e. The molecule has 0 saturated carbocycles. The molecule has 0 fully saturated rings. The van der Waals surface area contributed by atoms with Crippen molar-refractivity contribution in [1.29, 1.82) is 0 Å². The number of thiophene rings is 1. The van der Waals surface area contributed by atoms with Gasteiger partial charge in [-0.3, -0.25) is 4.57 Å². The van der Waals surface area contributed by atoms with Crippen LogP contribution in [0.3, 0.4) is 0 Å². The highest BCUT2D eigenvalue weighted by atomic mass is 32.1. The Labute approximate surface area is 259 Å². The van der Waals surface area contributed by atoms with Gasteiger partial charge in [-0.05, 0) is 86.3 Å². The number of rotatable bonds is 4. The Kier molecular flexibility index (Phi) is 5.71. The molecular weight excluding hydrogens is 553 g/mol. The molecule has 7 aromatic carbocycles. The highest BCUT2D eigenvalue weighted by Crippen LogP contribution is 2.39. The number of aromatic nitrogens is 2. The lowest BCUT2D eigenvalue weighted by Crippen LogP contribution is -1.97. The molecule has 2 nitrogen and oxygen atoms in total. The van der Waals surface area contributed by atoms with Gasteiger partial charge in [0.15, 0.2) is 0 Å².